The van der Waals surface area contributed by atoms with Crippen LogP contribution in [0.1, 0.15) is 57.5 Å². The van der Waals surface area contributed by atoms with Crippen LogP contribution >= 0.6 is 0 Å². The Bertz CT molecular complexity index is 1120. The zero-order valence-electron chi connectivity index (χ0n) is 21.5. The van der Waals surface area contributed by atoms with Crippen molar-refractivity contribution in [1.82, 2.24) is 20.0 Å². The summed E-state index contributed by atoms with van der Waals surface area (Å²) in [6.07, 6.45) is 5.39. The number of nitrogens with zero attached hydrogens (tertiary/aromatic N) is 3. The largest absolute Gasteiger partial charge is 0.384 e. The van der Waals surface area contributed by atoms with Crippen molar-refractivity contribution in [3.63, 3.8) is 0 Å². The highest BCUT2D eigenvalue weighted by Crippen LogP contribution is 2.31. The van der Waals surface area contributed by atoms with Crippen molar-refractivity contribution in [1.29, 1.82) is 0 Å². The fourth-order valence-electron chi connectivity index (χ4n) is 5.76. The van der Waals surface area contributed by atoms with Crippen molar-refractivity contribution >= 4 is 23.7 Å². The van der Waals surface area contributed by atoms with Crippen LogP contribution in [0.3, 0.4) is 0 Å². The Labute approximate surface area is 219 Å². The van der Waals surface area contributed by atoms with E-state index in [0.29, 0.717) is 22.3 Å². The molecular formula is C29H37N5O3. The first kappa shape index (κ1) is 25.6. The van der Waals surface area contributed by atoms with Crippen LogP contribution in [-0.2, 0) is 4.79 Å². The summed E-state index contributed by atoms with van der Waals surface area (Å²) in [5.74, 6) is -0.166. The number of benzene rings is 2. The van der Waals surface area contributed by atoms with Crippen LogP contribution in [-0.4, -0.2) is 97.7 Å². The molecule has 8 heteroatoms. The Morgan fingerprint density at radius 3 is 2.24 bits per heavy atom. The lowest BCUT2D eigenvalue weighted by Gasteiger charge is -2.35. The third kappa shape index (κ3) is 5.76. The summed E-state index contributed by atoms with van der Waals surface area (Å²) >= 11 is 0. The number of amides is 1. The van der Waals surface area contributed by atoms with Gasteiger partial charge in [0.2, 0.25) is 6.41 Å². The van der Waals surface area contributed by atoms with Gasteiger partial charge in [-0.25, -0.2) is 0 Å². The SMILES string of the molecule is O=CN(CCCN1CCN(CCCNc2cccc3c2C(=O)c2ccccc2C3=O)CC1)[C@H]1CCCN1. The second kappa shape index (κ2) is 12.0. The van der Waals surface area contributed by atoms with Crippen LogP contribution < -0.4 is 10.6 Å². The molecule has 1 aliphatic carbocycles. The summed E-state index contributed by atoms with van der Waals surface area (Å²) in [4.78, 5) is 44.4. The average molecular weight is 504 g/mol. The number of nitrogens with one attached hydrogen (secondary N) is 2. The van der Waals surface area contributed by atoms with E-state index in [1.54, 1.807) is 30.3 Å². The molecule has 8 nitrogen and oxygen atoms in total. The Balaban J connectivity index is 1.04. The topological polar surface area (TPSA) is 85.0 Å². The second-order valence-corrected chi connectivity index (χ2v) is 10.2. The summed E-state index contributed by atoms with van der Waals surface area (Å²) in [5, 5.41) is 6.82. The molecule has 196 valence electrons. The minimum Gasteiger partial charge on any atom is -0.384 e. The quantitative estimate of drug-likeness (QED) is 0.307. The molecular weight excluding hydrogens is 466 g/mol. The van der Waals surface area contributed by atoms with Crippen molar-refractivity contribution in [2.24, 2.45) is 0 Å². The molecule has 37 heavy (non-hydrogen) atoms. The van der Waals surface area contributed by atoms with E-state index in [1.165, 1.54) is 0 Å². The Hall–Kier alpha value is -3.07. The molecule has 0 saturated carbocycles. The third-order valence-corrected chi connectivity index (χ3v) is 7.84. The highest BCUT2D eigenvalue weighted by Gasteiger charge is 2.31. The van der Waals surface area contributed by atoms with Gasteiger partial charge in [0, 0.05) is 61.6 Å². The predicted octanol–water partition coefficient (Wildman–Crippen LogP) is 2.44. The predicted molar refractivity (Wildman–Crippen MR) is 144 cm³/mol. The molecule has 0 radical (unpaired) electrons. The highest BCUT2D eigenvalue weighted by atomic mass is 16.1. The lowest BCUT2D eigenvalue weighted by molar-refractivity contribution is -0.120. The minimum absolute atomic E-state index is 0.0826. The van der Waals surface area contributed by atoms with Gasteiger partial charge in [-0.1, -0.05) is 36.4 Å². The summed E-state index contributed by atoms with van der Waals surface area (Å²) < 4.78 is 0. The average Bonchev–Trinajstić information content (AvgIpc) is 3.48. The molecule has 0 bridgehead atoms. The third-order valence-electron chi connectivity index (χ3n) is 7.84. The van der Waals surface area contributed by atoms with E-state index in [-0.39, 0.29) is 17.7 Å². The maximum atomic E-state index is 13.2. The molecule has 2 aromatic carbocycles. The van der Waals surface area contributed by atoms with Gasteiger partial charge in [-0.05, 0) is 51.4 Å². The van der Waals surface area contributed by atoms with Crippen molar-refractivity contribution < 1.29 is 14.4 Å². The number of anilines is 1. The molecule has 2 heterocycles. The lowest BCUT2D eigenvalue weighted by Crippen LogP contribution is -2.48. The van der Waals surface area contributed by atoms with Crippen molar-refractivity contribution in [2.45, 2.75) is 31.8 Å². The molecule has 1 atom stereocenters. The molecule has 0 aromatic heterocycles. The summed E-state index contributed by atoms with van der Waals surface area (Å²) in [6.45, 7) is 8.80. The van der Waals surface area contributed by atoms with Gasteiger partial charge in [-0.3, -0.25) is 19.7 Å². The van der Waals surface area contributed by atoms with Gasteiger partial charge in [-0.15, -0.1) is 0 Å². The van der Waals surface area contributed by atoms with Crippen molar-refractivity contribution in [3.8, 4) is 0 Å². The molecule has 2 saturated heterocycles. The van der Waals surface area contributed by atoms with Crippen LogP contribution in [0, 0.1) is 0 Å². The molecule has 0 spiro atoms. The highest BCUT2D eigenvalue weighted by molar-refractivity contribution is 6.30. The van der Waals surface area contributed by atoms with Gasteiger partial charge in [-0.2, -0.15) is 0 Å². The summed E-state index contributed by atoms with van der Waals surface area (Å²) in [7, 11) is 0. The number of hydrogen-bond acceptors (Lipinski definition) is 7. The van der Waals surface area contributed by atoms with E-state index < -0.39 is 0 Å². The monoisotopic (exact) mass is 503 g/mol. The van der Waals surface area contributed by atoms with Crippen LogP contribution in [0.15, 0.2) is 42.5 Å². The van der Waals surface area contributed by atoms with Crippen molar-refractivity contribution in [3.05, 3.63) is 64.7 Å². The second-order valence-electron chi connectivity index (χ2n) is 10.2. The number of hydrogen-bond donors (Lipinski definition) is 2. The molecule has 3 aliphatic rings. The summed E-state index contributed by atoms with van der Waals surface area (Å²) in [5.41, 5.74) is 2.70. The zero-order chi connectivity index (χ0) is 25.6. The number of ketones is 2. The van der Waals surface area contributed by atoms with Crippen LogP contribution in [0.5, 0.6) is 0 Å². The van der Waals surface area contributed by atoms with Crippen LogP contribution in [0.25, 0.3) is 0 Å². The standard InChI is InChI=1S/C29H37N5O3/c35-21-34(26-11-4-12-31-26)16-6-15-33-19-17-32(18-20-33)14-5-13-30-25-10-3-9-24-27(25)29(37)23-8-2-1-7-22(23)28(24)36/h1-3,7-10,21,26,30-31H,4-6,11-20H2/t26-/m0/s1. The first-order valence-electron chi connectivity index (χ1n) is 13.6. The Morgan fingerprint density at radius 2 is 1.57 bits per heavy atom. The van der Waals surface area contributed by atoms with Crippen molar-refractivity contribution in [2.75, 3.05) is 64.2 Å². The van der Waals surface area contributed by atoms with Crippen LogP contribution in [0.4, 0.5) is 5.69 Å². The molecule has 0 unspecified atom stereocenters. The zero-order valence-corrected chi connectivity index (χ0v) is 21.5. The normalized spacial score (nSPS) is 19.9. The molecule has 2 aromatic rings. The fourth-order valence-corrected chi connectivity index (χ4v) is 5.76. The molecule has 2 fully saturated rings. The van der Waals surface area contributed by atoms with E-state index in [1.807, 2.05) is 17.0 Å². The van der Waals surface area contributed by atoms with Gasteiger partial charge in [0.25, 0.3) is 0 Å². The number of fused-ring (bicyclic) bond motifs is 2. The van der Waals surface area contributed by atoms with Gasteiger partial charge < -0.3 is 20.0 Å². The van der Waals surface area contributed by atoms with Crippen LogP contribution in [0.2, 0.25) is 0 Å². The fraction of sp³-hybridized carbons (Fsp3) is 0.483. The maximum Gasteiger partial charge on any atom is 0.210 e. The molecule has 2 N–H and O–H groups in total. The Morgan fingerprint density at radius 1 is 0.892 bits per heavy atom. The lowest BCUT2D eigenvalue weighted by atomic mass is 9.83. The first-order valence-corrected chi connectivity index (χ1v) is 13.6. The number of piperazine rings is 1. The molecule has 5 rings (SSSR count). The van der Waals surface area contributed by atoms with E-state index in [9.17, 15) is 14.4 Å². The molecule has 1 amide bonds. The smallest absolute Gasteiger partial charge is 0.210 e. The number of carbonyl (C=O) groups excluding carboxylic acids is 3. The van der Waals surface area contributed by atoms with E-state index in [2.05, 4.69) is 20.4 Å². The number of rotatable bonds is 11. The van der Waals surface area contributed by atoms with Gasteiger partial charge in [0.15, 0.2) is 11.6 Å². The maximum absolute atomic E-state index is 13.2. The van der Waals surface area contributed by atoms with E-state index >= 15 is 0 Å². The van der Waals surface area contributed by atoms with Gasteiger partial charge >= 0.3 is 0 Å². The minimum atomic E-state index is -0.0832. The van der Waals surface area contributed by atoms with E-state index in [4.69, 9.17) is 0 Å². The molecule has 2 aliphatic heterocycles. The first-order chi connectivity index (χ1) is 18.2. The van der Waals surface area contributed by atoms with Gasteiger partial charge in [0.1, 0.15) is 0 Å². The van der Waals surface area contributed by atoms with E-state index in [0.717, 1.165) is 96.7 Å². The summed E-state index contributed by atoms with van der Waals surface area (Å²) in [6, 6.07) is 12.6. The Kier molecular flexibility index (Phi) is 8.28. The van der Waals surface area contributed by atoms with Gasteiger partial charge in [0.05, 0.1) is 11.7 Å². The number of carbonyl (C=O) groups is 3.